The molecule has 7 nitrogen and oxygen atoms in total. The first-order chi connectivity index (χ1) is 18.2. The van der Waals surface area contributed by atoms with Gasteiger partial charge in [0.1, 0.15) is 18.4 Å². The van der Waals surface area contributed by atoms with E-state index in [2.05, 4.69) is 5.32 Å². The second-order valence-electron chi connectivity index (χ2n) is 10.7. The summed E-state index contributed by atoms with van der Waals surface area (Å²) >= 11 is 0. The van der Waals surface area contributed by atoms with E-state index in [0.29, 0.717) is 0 Å². The molecule has 0 aliphatic carbocycles. The first-order valence-electron chi connectivity index (χ1n) is 12.7. The number of anilines is 1. The average molecular weight is 554 g/mol. The van der Waals surface area contributed by atoms with Gasteiger partial charge < -0.3 is 10.2 Å². The maximum Gasteiger partial charge on any atom is 0.264 e. The topological polar surface area (TPSA) is 86.8 Å². The van der Waals surface area contributed by atoms with E-state index >= 15 is 0 Å². The minimum Gasteiger partial charge on any atom is -0.350 e. The molecule has 1 atom stereocenters. The number of carbonyl (C=O) groups is 2. The van der Waals surface area contributed by atoms with Gasteiger partial charge in [-0.05, 0) is 83.5 Å². The summed E-state index contributed by atoms with van der Waals surface area (Å²) in [4.78, 5) is 28.2. The van der Waals surface area contributed by atoms with E-state index in [9.17, 15) is 22.4 Å². The lowest BCUT2D eigenvalue weighted by atomic mass is 10.1. The summed E-state index contributed by atoms with van der Waals surface area (Å²) < 4.78 is 42.0. The van der Waals surface area contributed by atoms with E-state index in [1.807, 2.05) is 58.9 Å². The minimum absolute atomic E-state index is 0.107. The van der Waals surface area contributed by atoms with Crippen LogP contribution in [0.4, 0.5) is 10.1 Å². The lowest BCUT2D eigenvalue weighted by Crippen LogP contribution is -2.54. The Morgan fingerprint density at radius 3 is 1.90 bits per heavy atom. The molecule has 3 aromatic carbocycles. The molecule has 0 aromatic heterocycles. The van der Waals surface area contributed by atoms with Gasteiger partial charge in [-0.2, -0.15) is 0 Å². The van der Waals surface area contributed by atoms with Crippen LogP contribution >= 0.6 is 0 Å². The second-order valence-corrected chi connectivity index (χ2v) is 12.6. The molecule has 0 fully saturated rings. The van der Waals surface area contributed by atoms with Crippen LogP contribution in [0.1, 0.15) is 44.4 Å². The fourth-order valence-electron chi connectivity index (χ4n) is 3.92. The number of amides is 2. The number of rotatable bonds is 9. The van der Waals surface area contributed by atoms with Crippen LogP contribution in [-0.2, 0) is 26.2 Å². The van der Waals surface area contributed by atoms with Gasteiger partial charge in [-0.25, -0.2) is 12.8 Å². The zero-order chi connectivity index (χ0) is 29.0. The molecule has 0 saturated heterocycles. The predicted octanol–water partition coefficient (Wildman–Crippen LogP) is 4.97. The van der Waals surface area contributed by atoms with Crippen molar-refractivity contribution in [2.45, 2.75) is 64.6 Å². The lowest BCUT2D eigenvalue weighted by molar-refractivity contribution is -0.140. The maximum absolute atomic E-state index is 13.9. The van der Waals surface area contributed by atoms with E-state index in [1.54, 1.807) is 31.2 Å². The Morgan fingerprint density at radius 1 is 0.872 bits per heavy atom. The van der Waals surface area contributed by atoms with Gasteiger partial charge in [0.25, 0.3) is 10.0 Å². The predicted molar refractivity (Wildman–Crippen MR) is 151 cm³/mol. The SMILES string of the molecule is Cc1ccc(CN(C(=O)CN(c2ccc(C)cc2)S(=O)(=O)c2ccc(F)cc2)[C@@H](C)C(=O)NC(C)(C)C)cc1. The summed E-state index contributed by atoms with van der Waals surface area (Å²) in [7, 11) is -4.25. The third kappa shape index (κ3) is 7.89. The molecule has 9 heteroatoms. The van der Waals surface area contributed by atoms with Crippen molar-refractivity contribution in [2.24, 2.45) is 0 Å². The molecular formula is C30H36FN3O4S. The minimum atomic E-state index is -4.25. The molecule has 39 heavy (non-hydrogen) atoms. The molecule has 1 N–H and O–H groups in total. The second kappa shape index (κ2) is 12.0. The molecule has 208 valence electrons. The molecule has 3 rings (SSSR count). The lowest BCUT2D eigenvalue weighted by Gasteiger charge is -2.33. The highest BCUT2D eigenvalue weighted by atomic mass is 32.2. The first kappa shape index (κ1) is 29.8. The van der Waals surface area contributed by atoms with Crippen LogP contribution in [0.2, 0.25) is 0 Å². The van der Waals surface area contributed by atoms with Crippen molar-refractivity contribution < 1.29 is 22.4 Å². The van der Waals surface area contributed by atoms with Gasteiger partial charge in [0.05, 0.1) is 10.6 Å². The van der Waals surface area contributed by atoms with Gasteiger partial charge in [0.2, 0.25) is 11.8 Å². The Bertz CT molecular complexity index is 1400. The van der Waals surface area contributed by atoms with Crippen LogP contribution in [-0.4, -0.2) is 43.3 Å². The number of nitrogens with one attached hydrogen (secondary N) is 1. The highest BCUT2D eigenvalue weighted by molar-refractivity contribution is 7.92. The number of halogens is 1. The molecule has 0 unspecified atom stereocenters. The molecule has 0 aliphatic rings. The largest absolute Gasteiger partial charge is 0.350 e. The molecular weight excluding hydrogens is 517 g/mol. The van der Waals surface area contributed by atoms with Crippen molar-refractivity contribution in [3.8, 4) is 0 Å². The monoisotopic (exact) mass is 553 g/mol. The number of aryl methyl sites for hydroxylation is 2. The first-order valence-corrected chi connectivity index (χ1v) is 14.1. The van der Waals surface area contributed by atoms with Gasteiger partial charge in [-0.3, -0.25) is 13.9 Å². The highest BCUT2D eigenvalue weighted by Crippen LogP contribution is 2.25. The van der Waals surface area contributed by atoms with E-state index < -0.39 is 39.9 Å². The Morgan fingerprint density at radius 2 is 1.38 bits per heavy atom. The summed E-state index contributed by atoms with van der Waals surface area (Å²) in [6, 6.07) is 17.9. The molecule has 0 spiro atoms. The number of carbonyl (C=O) groups excluding carboxylic acids is 2. The summed E-state index contributed by atoms with van der Waals surface area (Å²) in [5, 5.41) is 2.90. The van der Waals surface area contributed by atoms with Crippen LogP contribution < -0.4 is 9.62 Å². The molecule has 3 aromatic rings. The van der Waals surface area contributed by atoms with Crippen molar-refractivity contribution in [2.75, 3.05) is 10.8 Å². The number of hydrogen-bond acceptors (Lipinski definition) is 4. The fraction of sp³-hybridized carbons (Fsp3) is 0.333. The van der Waals surface area contributed by atoms with E-state index in [1.165, 1.54) is 17.0 Å². The van der Waals surface area contributed by atoms with Crippen LogP contribution in [0, 0.1) is 19.7 Å². The van der Waals surface area contributed by atoms with Crippen LogP contribution in [0.5, 0.6) is 0 Å². The molecule has 0 radical (unpaired) electrons. The molecule has 2 amide bonds. The third-order valence-electron chi connectivity index (χ3n) is 6.14. The number of benzene rings is 3. The Balaban J connectivity index is 2.02. The molecule has 0 aliphatic heterocycles. The van der Waals surface area contributed by atoms with E-state index in [-0.39, 0.29) is 23.0 Å². The maximum atomic E-state index is 13.9. The van der Waals surface area contributed by atoms with Gasteiger partial charge in [0.15, 0.2) is 0 Å². The quantitative estimate of drug-likeness (QED) is 0.405. The number of nitrogens with zero attached hydrogens (tertiary/aromatic N) is 2. The molecule has 0 heterocycles. The van der Waals surface area contributed by atoms with Gasteiger partial charge in [-0.1, -0.05) is 47.5 Å². The zero-order valence-corrected chi connectivity index (χ0v) is 24.0. The smallest absolute Gasteiger partial charge is 0.264 e. The molecule has 0 saturated carbocycles. The van der Waals surface area contributed by atoms with Gasteiger partial charge in [-0.15, -0.1) is 0 Å². The fourth-order valence-corrected chi connectivity index (χ4v) is 5.33. The summed E-state index contributed by atoms with van der Waals surface area (Å²) in [5.74, 6) is -1.49. The summed E-state index contributed by atoms with van der Waals surface area (Å²) in [5.41, 5.74) is 2.51. The van der Waals surface area contributed by atoms with Gasteiger partial charge >= 0.3 is 0 Å². The number of sulfonamides is 1. The van der Waals surface area contributed by atoms with Gasteiger partial charge in [0, 0.05) is 12.1 Å². The summed E-state index contributed by atoms with van der Waals surface area (Å²) in [6.07, 6.45) is 0. The van der Waals surface area contributed by atoms with E-state index in [0.717, 1.165) is 33.1 Å². The Kier molecular flexibility index (Phi) is 9.17. The molecule has 0 bridgehead atoms. The Labute approximate surface area is 230 Å². The zero-order valence-electron chi connectivity index (χ0n) is 23.2. The van der Waals surface area contributed by atoms with Crippen LogP contribution in [0.3, 0.4) is 0 Å². The van der Waals surface area contributed by atoms with Crippen molar-refractivity contribution in [3.63, 3.8) is 0 Å². The highest BCUT2D eigenvalue weighted by Gasteiger charge is 2.33. The standard InChI is InChI=1S/C30H36FN3O4S/c1-21-7-11-24(12-8-21)19-33(23(3)29(36)32-30(4,5)6)28(35)20-34(26-15-9-22(2)10-16-26)39(37,38)27-17-13-25(31)14-18-27/h7-18,23H,19-20H2,1-6H3,(H,32,36)/t23-/m0/s1. The van der Waals surface area contributed by atoms with Crippen molar-refractivity contribution in [3.05, 3.63) is 95.3 Å². The summed E-state index contributed by atoms with van der Waals surface area (Å²) in [6.45, 7) is 10.5. The van der Waals surface area contributed by atoms with Crippen molar-refractivity contribution in [1.29, 1.82) is 0 Å². The van der Waals surface area contributed by atoms with E-state index in [4.69, 9.17) is 0 Å². The van der Waals surface area contributed by atoms with Crippen LogP contribution in [0.25, 0.3) is 0 Å². The normalized spacial score (nSPS) is 12.5. The van der Waals surface area contributed by atoms with Crippen molar-refractivity contribution in [1.82, 2.24) is 10.2 Å². The van der Waals surface area contributed by atoms with Crippen LogP contribution in [0.15, 0.2) is 77.7 Å². The average Bonchev–Trinajstić information content (AvgIpc) is 2.86. The third-order valence-corrected chi connectivity index (χ3v) is 7.93. The number of hydrogen-bond donors (Lipinski definition) is 1. The Hall–Kier alpha value is -3.72. The van der Waals surface area contributed by atoms with Crippen molar-refractivity contribution >= 4 is 27.5 Å².